The third-order valence-electron chi connectivity index (χ3n) is 13.3. The minimum absolute atomic E-state index is 0.160. The lowest BCUT2D eigenvalue weighted by Crippen LogP contribution is -2.74. The molecule has 0 radical (unpaired) electrons. The zero-order chi connectivity index (χ0) is 49.7. The molecule has 2 fully saturated rings. The number of carbonyl (C=O) groups excluding carboxylic acids is 4. The molecule has 1 saturated carbocycles. The van der Waals surface area contributed by atoms with E-state index in [1.807, 2.05) is 106 Å². The normalized spacial score (nSPS) is 18.6. The van der Waals surface area contributed by atoms with E-state index in [0.29, 0.717) is 54.4 Å². The summed E-state index contributed by atoms with van der Waals surface area (Å²) in [6.07, 6.45) is 1.04. The predicted octanol–water partition coefficient (Wildman–Crippen LogP) is 9.19. The number of benzene rings is 4. The fraction of sp³-hybridized carbons (Fsp3) is 0.407. The summed E-state index contributed by atoms with van der Waals surface area (Å²) in [5, 5.41) is 22.0. The average Bonchev–Trinajstić information content (AvgIpc) is 4.00. The monoisotopic (exact) mass is 971 g/mol. The van der Waals surface area contributed by atoms with Crippen molar-refractivity contribution in [3.05, 3.63) is 124 Å². The number of likely N-dealkylation sites (tertiary alicyclic amines) is 1. The SMILES string of the molecule is Cc1ncsc1-c1ccc(CNC(=O)[C@@H]2CCCN2C(=O)C(NC(=O)COCCNc2ccc(-c3ccc(C(=O)NC4C(C)(C)C(Oc5ccc(C#N)c(Cl)c5)C4(C)C)cc3)cc2)C(C)(C)C)cc1. The van der Waals surface area contributed by atoms with E-state index in [4.69, 9.17) is 21.1 Å². The van der Waals surface area contributed by atoms with E-state index in [1.165, 1.54) is 0 Å². The van der Waals surface area contributed by atoms with Gasteiger partial charge in [-0.25, -0.2) is 4.98 Å². The number of nitrogens with zero attached hydrogens (tertiary/aromatic N) is 3. The van der Waals surface area contributed by atoms with Crippen LogP contribution < -0.4 is 26.0 Å². The van der Waals surface area contributed by atoms with E-state index in [0.717, 1.165) is 38.5 Å². The highest BCUT2D eigenvalue weighted by atomic mass is 35.5. The topological polar surface area (TPSA) is 175 Å². The van der Waals surface area contributed by atoms with Crippen LogP contribution in [0.2, 0.25) is 5.02 Å². The van der Waals surface area contributed by atoms with Crippen LogP contribution in [-0.2, 0) is 25.7 Å². The van der Waals surface area contributed by atoms with Crippen LogP contribution >= 0.6 is 22.9 Å². The standard InChI is InChI=1S/C54H62ClN7O6S/c1-33-45(69-32-59-33)37-13-11-34(12-14-37)30-58-48(65)43-10-9-26-62(43)49(66)46(52(2,3)4)60-44(63)31-67-27-25-57-40-22-19-36(20-23-40)35-15-17-38(18-16-35)47(64)61-50-53(5,6)51(54(50,7)8)68-41-24-21-39(29-56)42(55)28-41/h11-24,28,32,43,46,50-51,57H,9-10,25-27,30-31H2,1-8H3,(H,58,65)(H,60,63)(H,61,64)/t43-,46?,50?,51?/m0/s1. The highest BCUT2D eigenvalue weighted by Gasteiger charge is 2.64. The van der Waals surface area contributed by atoms with E-state index in [2.05, 4.69) is 60.0 Å². The third kappa shape index (κ3) is 11.6. The molecule has 4 amide bonds. The molecule has 1 aromatic heterocycles. The maximum absolute atomic E-state index is 14.0. The first-order valence-electron chi connectivity index (χ1n) is 23.3. The largest absolute Gasteiger partial charge is 0.489 e. The number of amides is 4. The van der Waals surface area contributed by atoms with Gasteiger partial charge in [-0.15, -0.1) is 11.3 Å². The van der Waals surface area contributed by atoms with Crippen LogP contribution in [0, 0.1) is 34.5 Å². The van der Waals surface area contributed by atoms with Crippen molar-refractivity contribution >= 4 is 52.3 Å². The Bertz CT molecular complexity index is 2670. The van der Waals surface area contributed by atoms with E-state index >= 15 is 0 Å². The number of ether oxygens (including phenoxy) is 2. The van der Waals surface area contributed by atoms with Crippen LogP contribution in [0.25, 0.3) is 21.6 Å². The third-order valence-corrected chi connectivity index (χ3v) is 14.6. The zero-order valence-electron chi connectivity index (χ0n) is 40.6. The molecular weight excluding hydrogens is 910 g/mol. The minimum atomic E-state index is -0.848. The molecule has 1 unspecified atom stereocenters. The Balaban J connectivity index is 0.830. The van der Waals surface area contributed by atoms with Crippen molar-refractivity contribution in [3.8, 4) is 33.4 Å². The summed E-state index contributed by atoms with van der Waals surface area (Å²) in [4.78, 5) is 61.1. The van der Waals surface area contributed by atoms with Gasteiger partial charge in [0.05, 0.1) is 33.3 Å². The molecule has 4 aromatic carbocycles. The first-order valence-corrected chi connectivity index (χ1v) is 24.6. The van der Waals surface area contributed by atoms with Gasteiger partial charge in [0.15, 0.2) is 0 Å². The molecule has 1 aliphatic heterocycles. The first kappa shape index (κ1) is 50.6. The van der Waals surface area contributed by atoms with Gasteiger partial charge in [-0.3, -0.25) is 19.2 Å². The molecule has 7 rings (SSSR count). The smallest absolute Gasteiger partial charge is 0.251 e. The lowest BCUT2D eigenvalue weighted by molar-refractivity contribution is -0.164. The lowest BCUT2D eigenvalue weighted by atomic mass is 9.49. The predicted molar refractivity (Wildman–Crippen MR) is 271 cm³/mol. The van der Waals surface area contributed by atoms with Crippen molar-refractivity contribution in [3.63, 3.8) is 0 Å². The number of nitriles is 1. The second-order valence-electron chi connectivity index (χ2n) is 20.2. The van der Waals surface area contributed by atoms with Crippen LogP contribution in [0.3, 0.4) is 0 Å². The van der Waals surface area contributed by atoms with Gasteiger partial charge < -0.3 is 35.6 Å². The van der Waals surface area contributed by atoms with E-state index < -0.39 is 23.4 Å². The number of aromatic nitrogens is 1. The zero-order valence-corrected chi connectivity index (χ0v) is 42.1. The number of rotatable bonds is 17. The minimum Gasteiger partial charge on any atom is -0.489 e. The Morgan fingerprint density at radius 3 is 2.19 bits per heavy atom. The van der Waals surface area contributed by atoms with Gasteiger partial charge in [0, 0.05) is 53.8 Å². The molecule has 362 valence electrons. The highest BCUT2D eigenvalue weighted by molar-refractivity contribution is 7.13. The second kappa shape index (κ2) is 21.2. The van der Waals surface area contributed by atoms with Gasteiger partial charge in [-0.05, 0) is 83.8 Å². The molecule has 4 N–H and O–H groups in total. The summed E-state index contributed by atoms with van der Waals surface area (Å²) in [5.74, 6) is -0.483. The van der Waals surface area contributed by atoms with Gasteiger partial charge >= 0.3 is 0 Å². The van der Waals surface area contributed by atoms with Crippen LogP contribution in [0.5, 0.6) is 5.75 Å². The fourth-order valence-electron chi connectivity index (χ4n) is 9.82. The number of halogens is 1. The molecule has 0 spiro atoms. The second-order valence-corrected chi connectivity index (χ2v) is 21.4. The summed E-state index contributed by atoms with van der Waals surface area (Å²) >= 11 is 7.85. The Labute approximate surface area is 414 Å². The Hall–Kier alpha value is -6.27. The quantitative estimate of drug-likeness (QED) is 0.0663. The average molecular weight is 973 g/mol. The van der Waals surface area contributed by atoms with Crippen molar-refractivity contribution in [2.24, 2.45) is 16.2 Å². The number of anilines is 1. The molecule has 0 bridgehead atoms. The van der Waals surface area contributed by atoms with Crippen LogP contribution in [0.1, 0.15) is 88.5 Å². The van der Waals surface area contributed by atoms with Crippen molar-refractivity contribution in [1.29, 1.82) is 5.26 Å². The number of aryl methyl sites for hydroxylation is 1. The molecular formula is C54H62ClN7O6S. The van der Waals surface area contributed by atoms with E-state index in [1.54, 1.807) is 34.4 Å². The van der Waals surface area contributed by atoms with Gasteiger partial charge in [-0.1, -0.05) is 109 Å². The Morgan fingerprint density at radius 2 is 1.58 bits per heavy atom. The summed E-state index contributed by atoms with van der Waals surface area (Å²) in [7, 11) is 0. The van der Waals surface area contributed by atoms with Crippen molar-refractivity contribution in [2.45, 2.75) is 99.0 Å². The lowest BCUT2D eigenvalue weighted by Gasteiger charge is -2.63. The van der Waals surface area contributed by atoms with E-state index in [-0.39, 0.29) is 53.9 Å². The van der Waals surface area contributed by atoms with Crippen LogP contribution in [-0.4, -0.2) is 84.0 Å². The molecule has 5 aromatic rings. The van der Waals surface area contributed by atoms with Gasteiger partial charge in [0.2, 0.25) is 17.7 Å². The maximum Gasteiger partial charge on any atom is 0.251 e. The first-order chi connectivity index (χ1) is 32.8. The number of hydrogen-bond acceptors (Lipinski definition) is 10. The van der Waals surface area contributed by atoms with Crippen molar-refractivity contribution < 1.29 is 28.7 Å². The summed E-state index contributed by atoms with van der Waals surface area (Å²) < 4.78 is 12.1. The number of carbonyl (C=O) groups is 4. The summed E-state index contributed by atoms with van der Waals surface area (Å²) in [5.41, 5.74) is 7.23. The molecule has 15 heteroatoms. The number of hydrogen-bond donors (Lipinski definition) is 4. The van der Waals surface area contributed by atoms with E-state index in [9.17, 15) is 24.4 Å². The molecule has 1 aliphatic carbocycles. The van der Waals surface area contributed by atoms with Crippen molar-refractivity contribution in [2.75, 3.05) is 31.6 Å². The Kier molecular flexibility index (Phi) is 15.5. The number of thiazole rings is 1. The molecule has 69 heavy (non-hydrogen) atoms. The number of nitrogens with one attached hydrogen (secondary N) is 4. The molecule has 2 heterocycles. The Morgan fingerprint density at radius 1 is 0.928 bits per heavy atom. The fourth-order valence-corrected chi connectivity index (χ4v) is 10.8. The van der Waals surface area contributed by atoms with Gasteiger partial charge in [-0.2, -0.15) is 5.26 Å². The van der Waals surface area contributed by atoms with Crippen LogP contribution in [0.4, 0.5) is 5.69 Å². The van der Waals surface area contributed by atoms with Crippen molar-refractivity contribution in [1.82, 2.24) is 25.8 Å². The molecule has 1 saturated heterocycles. The maximum atomic E-state index is 14.0. The van der Waals surface area contributed by atoms with Gasteiger partial charge in [0.1, 0.15) is 36.6 Å². The molecule has 13 nitrogen and oxygen atoms in total. The highest BCUT2D eigenvalue weighted by Crippen LogP contribution is 2.55. The summed E-state index contributed by atoms with van der Waals surface area (Å²) in [6, 6.07) is 28.9. The van der Waals surface area contributed by atoms with Crippen LogP contribution in [0.15, 0.2) is 96.5 Å². The summed E-state index contributed by atoms with van der Waals surface area (Å²) in [6.45, 7) is 17.2. The van der Waals surface area contributed by atoms with Gasteiger partial charge in [0.25, 0.3) is 5.91 Å². The molecule has 2 atom stereocenters. The molecule has 2 aliphatic rings.